The monoisotopic (exact) mass is 569 g/mol. The number of hydrogen-bond donors (Lipinski definition) is 5. The quantitative estimate of drug-likeness (QED) is 0.245. The van der Waals surface area contributed by atoms with Crippen LogP contribution in [0.2, 0.25) is 0 Å². The fraction of sp³-hybridized carbons (Fsp3) is 0.462. The van der Waals surface area contributed by atoms with E-state index in [1.807, 2.05) is 12.1 Å². The van der Waals surface area contributed by atoms with Gasteiger partial charge in [-0.3, -0.25) is 0 Å². The lowest BCUT2D eigenvalue weighted by molar-refractivity contribution is -0.179. The minimum absolute atomic E-state index is 0.0456. The Morgan fingerprint density at radius 1 is 1.08 bits per heavy atom. The number of halogens is 3. The molecule has 2 heterocycles. The van der Waals surface area contributed by atoms with Gasteiger partial charge in [-0.25, -0.2) is 17.9 Å². The van der Waals surface area contributed by atoms with Gasteiger partial charge in [-0.2, -0.15) is 0 Å². The average Bonchev–Trinajstić information content (AvgIpc) is 3.36. The van der Waals surface area contributed by atoms with E-state index in [1.165, 1.54) is 6.20 Å². The minimum atomic E-state index is -1.63. The highest BCUT2D eigenvalue weighted by molar-refractivity contribution is 8.00. The molecule has 1 aliphatic heterocycles. The van der Waals surface area contributed by atoms with Crippen LogP contribution < -0.4 is 0 Å². The van der Waals surface area contributed by atoms with Gasteiger partial charge >= 0.3 is 0 Å². The van der Waals surface area contributed by atoms with Crippen molar-refractivity contribution in [3.8, 4) is 11.3 Å². The summed E-state index contributed by atoms with van der Waals surface area (Å²) in [7, 11) is 0. The highest BCUT2D eigenvalue weighted by Gasteiger charge is 2.48. The van der Waals surface area contributed by atoms with Crippen LogP contribution in [0.3, 0.4) is 0 Å². The molecule has 0 amide bonds. The summed E-state index contributed by atoms with van der Waals surface area (Å²) >= 11 is 1.07. The lowest BCUT2D eigenvalue weighted by atomic mass is 9.93. The van der Waals surface area contributed by atoms with Crippen molar-refractivity contribution in [3.63, 3.8) is 0 Å². The lowest BCUT2D eigenvalue weighted by Gasteiger charge is -2.44. The Morgan fingerprint density at radius 3 is 2.36 bits per heavy atom. The van der Waals surface area contributed by atoms with Crippen LogP contribution in [0, 0.1) is 17.5 Å². The summed E-state index contributed by atoms with van der Waals surface area (Å²) in [6.45, 7) is 2.47. The largest absolute Gasteiger partial charge is 0.396 e. The first-order chi connectivity index (χ1) is 18.5. The summed E-state index contributed by atoms with van der Waals surface area (Å²) in [6, 6.07) is 7.50. The standard InChI is InChI=1S/C26H30F3N3O6S/c1-26(2,37)24(15-6-4-3-5-13(15)7-8-33)39-25-23(36)21(22(35)19(12-34)38-25)32-11-18(30-31-32)14-9-16(27)20(29)17(28)10-14/h3-6,9-11,19,21-25,33-37H,7-8,12H2,1-2H3/t19-,21+,22+,23-,24-,25+/m1/s1. The summed E-state index contributed by atoms with van der Waals surface area (Å²) in [5, 5.41) is 59.8. The van der Waals surface area contributed by atoms with Crippen molar-refractivity contribution in [2.75, 3.05) is 13.2 Å². The molecular formula is C26H30F3N3O6S. The van der Waals surface area contributed by atoms with Crippen LogP contribution in [0.25, 0.3) is 11.3 Å². The third-order valence-electron chi connectivity index (χ3n) is 6.57. The molecule has 13 heteroatoms. The first-order valence-corrected chi connectivity index (χ1v) is 13.2. The number of ether oxygens (including phenoxy) is 1. The highest BCUT2D eigenvalue weighted by atomic mass is 32.2. The predicted octanol–water partition coefficient (Wildman–Crippen LogP) is 2.12. The van der Waals surface area contributed by atoms with E-state index in [0.29, 0.717) is 12.0 Å². The van der Waals surface area contributed by atoms with Crippen molar-refractivity contribution in [3.05, 3.63) is 71.2 Å². The van der Waals surface area contributed by atoms with Crippen molar-refractivity contribution in [2.24, 2.45) is 0 Å². The first kappa shape index (κ1) is 29.5. The van der Waals surface area contributed by atoms with Crippen molar-refractivity contribution >= 4 is 11.8 Å². The number of aromatic nitrogens is 3. The molecule has 1 fully saturated rings. The molecule has 0 aliphatic carbocycles. The van der Waals surface area contributed by atoms with Gasteiger partial charge in [0, 0.05) is 12.2 Å². The van der Waals surface area contributed by atoms with Gasteiger partial charge in [0.05, 0.1) is 23.7 Å². The molecule has 9 nitrogen and oxygen atoms in total. The summed E-state index contributed by atoms with van der Waals surface area (Å²) in [5.74, 6) is -4.46. The molecule has 0 radical (unpaired) electrons. The highest BCUT2D eigenvalue weighted by Crippen LogP contribution is 2.46. The molecule has 0 unspecified atom stereocenters. The van der Waals surface area contributed by atoms with E-state index in [-0.39, 0.29) is 17.9 Å². The molecule has 39 heavy (non-hydrogen) atoms. The van der Waals surface area contributed by atoms with Gasteiger partial charge in [-0.15, -0.1) is 16.9 Å². The summed E-state index contributed by atoms with van der Waals surface area (Å²) < 4.78 is 47.9. The Balaban J connectivity index is 1.67. The van der Waals surface area contributed by atoms with E-state index in [2.05, 4.69) is 10.3 Å². The van der Waals surface area contributed by atoms with Crippen LogP contribution in [-0.2, 0) is 11.2 Å². The second-order valence-electron chi connectivity index (χ2n) is 9.88. The van der Waals surface area contributed by atoms with Gasteiger partial charge in [0.2, 0.25) is 0 Å². The van der Waals surface area contributed by atoms with E-state index in [0.717, 1.165) is 34.1 Å². The van der Waals surface area contributed by atoms with Gasteiger partial charge < -0.3 is 30.3 Å². The number of aliphatic hydroxyl groups is 5. The Labute approximate surface area is 226 Å². The van der Waals surface area contributed by atoms with E-state index in [4.69, 9.17) is 4.74 Å². The molecule has 0 saturated carbocycles. The molecule has 6 atom stereocenters. The topological polar surface area (TPSA) is 141 Å². The SMILES string of the molecule is CC(C)(O)[C@H](S[C@@H]1O[C@H](CO)[C@H](O)[C@H](n2cc(-c3cc(F)c(F)c(F)c3)nn2)[C@H]1O)c1ccccc1CCO. The Kier molecular flexibility index (Phi) is 9.01. The zero-order chi connectivity index (χ0) is 28.5. The number of thioether (sulfide) groups is 1. The van der Waals surface area contributed by atoms with Crippen LogP contribution in [0.4, 0.5) is 13.2 Å². The molecule has 5 N–H and O–H groups in total. The fourth-order valence-corrected chi connectivity index (χ4v) is 6.15. The van der Waals surface area contributed by atoms with Crippen molar-refractivity contribution < 1.29 is 43.4 Å². The van der Waals surface area contributed by atoms with E-state index < -0.39 is 64.7 Å². The number of rotatable bonds is 9. The second-order valence-corrected chi connectivity index (χ2v) is 11.1. The predicted molar refractivity (Wildman–Crippen MR) is 136 cm³/mol. The molecule has 1 saturated heterocycles. The average molecular weight is 570 g/mol. The fourth-order valence-electron chi connectivity index (χ4n) is 4.64. The molecule has 0 bridgehead atoms. The first-order valence-electron chi connectivity index (χ1n) is 12.2. The maximum Gasteiger partial charge on any atom is 0.194 e. The zero-order valence-electron chi connectivity index (χ0n) is 21.2. The van der Waals surface area contributed by atoms with Gasteiger partial charge in [-0.1, -0.05) is 29.5 Å². The number of nitrogens with zero attached hydrogens (tertiary/aromatic N) is 3. The van der Waals surface area contributed by atoms with Crippen molar-refractivity contribution in [2.45, 2.75) is 60.9 Å². The molecule has 1 aromatic heterocycles. The van der Waals surface area contributed by atoms with Crippen molar-refractivity contribution in [1.29, 1.82) is 0 Å². The Hall–Kier alpha value is -2.52. The van der Waals surface area contributed by atoms with E-state index in [9.17, 15) is 38.7 Å². The number of aliphatic hydroxyl groups excluding tert-OH is 4. The second kappa shape index (κ2) is 11.9. The molecule has 1 aliphatic rings. The Morgan fingerprint density at radius 2 is 1.74 bits per heavy atom. The molecule has 4 rings (SSSR count). The van der Waals surface area contributed by atoms with Crippen LogP contribution in [0.5, 0.6) is 0 Å². The van der Waals surface area contributed by atoms with E-state index >= 15 is 0 Å². The van der Waals surface area contributed by atoms with E-state index in [1.54, 1.807) is 26.0 Å². The van der Waals surface area contributed by atoms with Crippen LogP contribution >= 0.6 is 11.8 Å². The van der Waals surface area contributed by atoms with Gasteiger partial charge in [0.25, 0.3) is 0 Å². The van der Waals surface area contributed by atoms with Crippen molar-refractivity contribution in [1.82, 2.24) is 15.0 Å². The van der Waals surface area contributed by atoms with Crippen LogP contribution in [0.15, 0.2) is 42.6 Å². The molecule has 0 spiro atoms. The van der Waals surface area contributed by atoms with Gasteiger partial charge in [0.1, 0.15) is 35.5 Å². The molecule has 3 aromatic rings. The maximum atomic E-state index is 13.8. The number of benzene rings is 2. The molecular weight excluding hydrogens is 539 g/mol. The zero-order valence-corrected chi connectivity index (χ0v) is 22.0. The summed E-state index contributed by atoms with van der Waals surface area (Å²) in [5.41, 5.74) is -1.05. The molecule has 212 valence electrons. The van der Waals surface area contributed by atoms with Crippen LogP contribution in [0.1, 0.15) is 36.3 Å². The smallest absolute Gasteiger partial charge is 0.194 e. The minimum Gasteiger partial charge on any atom is -0.396 e. The summed E-state index contributed by atoms with van der Waals surface area (Å²) in [6.07, 6.45) is -2.49. The Bertz CT molecular complexity index is 1270. The van der Waals surface area contributed by atoms with Crippen LogP contribution in [-0.4, -0.2) is 83.1 Å². The number of hydrogen-bond acceptors (Lipinski definition) is 9. The normalized spacial score (nSPS) is 24.6. The van der Waals surface area contributed by atoms with Gasteiger partial charge in [-0.05, 0) is 43.5 Å². The summed E-state index contributed by atoms with van der Waals surface area (Å²) in [4.78, 5) is 0. The molecule has 2 aromatic carbocycles. The third kappa shape index (κ3) is 6.14. The lowest BCUT2D eigenvalue weighted by Crippen LogP contribution is -2.55. The maximum absolute atomic E-state index is 13.8. The van der Waals surface area contributed by atoms with Gasteiger partial charge in [0.15, 0.2) is 17.5 Å². The third-order valence-corrected chi connectivity index (χ3v) is 8.34.